The Bertz CT molecular complexity index is 754. The lowest BCUT2D eigenvalue weighted by Gasteiger charge is -2.25. The van der Waals surface area contributed by atoms with Crippen molar-refractivity contribution >= 4 is 28.3 Å². The van der Waals surface area contributed by atoms with Crippen LogP contribution in [0.25, 0.3) is 0 Å². The second-order valence-electron chi connectivity index (χ2n) is 6.13. The van der Waals surface area contributed by atoms with E-state index in [1.54, 1.807) is 12.1 Å². The fourth-order valence-electron chi connectivity index (χ4n) is 2.56. The highest BCUT2D eigenvalue weighted by Gasteiger charge is 2.14. The monoisotopic (exact) mass is 374 g/mol. The molecule has 0 unspecified atom stereocenters. The van der Waals surface area contributed by atoms with Gasteiger partial charge in [0.15, 0.2) is 5.13 Å². The molecule has 2 heterocycles. The molecule has 0 atom stereocenters. The van der Waals surface area contributed by atoms with Crippen molar-refractivity contribution in [3.05, 3.63) is 46.5 Å². The van der Waals surface area contributed by atoms with Crippen LogP contribution in [0, 0.1) is 6.92 Å². The standard InChI is InChI=1S/C18H22N4O3S/c1-13-2-4-14(5-3-13)17(24)19-10-16(23)21-18-20-15(12-26-18)11-22-6-8-25-9-7-22/h2-5,12H,6-11H2,1H3,(H,19,24)(H,20,21,23). The Balaban J connectivity index is 1.44. The van der Waals surface area contributed by atoms with Gasteiger partial charge in [-0.25, -0.2) is 4.98 Å². The summed E-state index contributed by atoms with van der Waals surface area (Å²) < 4.78 is 5.33. The Hall–Kier alpha value is -2.29. The molecule has 0 saturated carbocycles. The Labute approximate surface area is 156 Å². The summed E-state index contributed by atoms with van der Waals surface area (Å²) >= 11 is 1.39. The molecule has 138 valence electrons. The molecule has 1 aliphatic rings. The number of aromatic nitrogens is 1. The first-order valence-electron chi connectivity index (χ1n) is 8.49. The van der Waals surface area contributed by atoms with Crippen LogP contribution in [0.3, 0.4) is 0 Å². The van der Waals surface area contributed by atoms with E-state index in [1.807, 2.05) is 24.4 Å². The highest BCUT2D eigenvalue weighted by atomic mass is 32.1. The van der Waals surface area contributed by atoms with Gasteiger partial charge in [0, 0.05) is 30.6 Å². The highest BCUT2D eigenvalue weighted by Crippen LogP contribution is 2.17. The zero-order valence-corrected chi connectivity index (χ0v) is 15.5. The van der Waals surface area contributed by atoms with Crippen LogP contribution in [-0.4, -0.2) is 54.5 Å². The van der Waals surface area contributed by atoms with Gasteiger partial charge in [-0.15, -0.1) is 11.3 Å². The molecular formula is C18H22N4O3S. The Morgan fingerprint density at radius 3 is 2.69 bits per heavy atom. The number of amides is 2. The minimum absolute atomic E-state index is 0.0922. The van der Waals surface area contributed by atoms with Gasteiger partial charge in [-0.2, -0.15) is 0 Å². The molecule has 1 fully saturated rings. The molecule has 26 heavy (non-hydrogen) atoms. The first-order chi connectivity index (χ1) is 12.6. The molecule has 2 N–H and O–H groups in total. The number of benzene rings is 1. The molecule has 0 spiro atoms. The van der Waals surface area contributed by atoms with Crippen molar-refractivity contribution < 1.29 is 14.3 Å². The molecule has 1 aliphatic heterocycles. The molecule has 1 aromatic carbocycles. The van der Waals surface area contributed by atoms with Crippen molar-refractivity contribution in [1.82, 2.24) is 15.2 Å². The lowest BCUT2D eigenvalue weighted by molar-refractivity contribution is -0.115. The number of carbonyl (C=O) groups is 2. The van der Waals surface area contributed by atoms with Crippen LogP contribution < -0.4 is 10.6 Å². The van der Waals surface area contributed by atoms with Crippen molar-refractivity contribution in [2.45, 2.75) is 13.5 Å². The maximum Gasteiger partial charge on any atom is 0.251 e. The van der Waals surface area contributed by atoms with Crippen molar-refractivity contribution in [1.29, 1.82) is 0 Å². The highest BCUT2D eigenvalue weighted by molar-refractivity contribution is 7.13. The van der Waals surface area contributed by atoms with Crippen molar-refractivity contribution in [2.75, 3.05) is 38.2 Å². The van der Waals surface area contributed by atoms with E-state index < -0.39 is 0 Å². The Kier molecular flexibility index (Phi) is 6.32. The SMILES string of the molecule is Cc1ccc(C(=O)NCC(=O)Nc2nc(CN3CCOCC3)cs2)cc1. The summed E-state index contributed by atoms with van der Waals surface area (Å²) in [5, 5.41) is 7.83. The van der Waals surface area contributed by atoms with Crippen LogP contribution in [0.15, 0.2) is 29.6 Å². The third kappa shape index (κ3) is 5.35. The van der Waals surface area contributed by atoms with Crippen LogP contribution in [0.5, 0.6) is 0 Å². The second kappa shape index (κ2) is 8.88. The third-order valence-corrected chi connectivity index (χ3v) is 4.82. The number of anilines is 1. The van der Waals surface area contributed by atoms with E-state index in [9.17, 15) is 9.59 Å². The number of morpholine rings is 1. The van der Waals surface area contributed by atoms with Gasteiger partial charge in [-0.05, 0) is 19.1 Å². The van der Waals surface area contributed by atoms with Gasteiger partial charge in [0.25, 0.3) is 5.91 Å². The van der Waals surface area contributed by atoms with Crippen molar-refractivity contribution in [2.24, 2.45) is 0 Å². The van der Waals surface area contributed by atoms with E-state index >= 15 is 0 Å². The number of nitrogens with one attached hydrogen (secondary N) is 2. The average Bonchev–Trinajstić information content (AvgIpc) is 3.08. The lowest BCUT2D eigenvalue weighted by Crippen LogP contribution is -2.35. The van der Waals surface area contributed by atoms with Gasteiger partial charge in [0.1, 0.15) is 0 Å². The maximum atomic E-state index is 12.0. The van der Waals surface area contributed by atoms with Gasteiger partial charge in [-0.1, -0.05) is 17.7 Å². The predicted octanol–water partition coefficient (Wildman–Crippen LogP) is 1.65. The molecule has 1 aromatic heterocycles. The maximum absolute atomic E-state index is 12.0. The number of ether oxygens (including phenoxy) is 1. The zero-order chi connectivity index (χ0) is 18.4. The number of carbonyl (C=O) groups excluding carboxylic acids is 2. The largest absolute Gasteiger partial charge is 0.379 e. The molecular weight excluding hydrogens is 352 g/mol. The third-order valence-electron chi connectivity index (χ3n) is 4.01. The summed E-state index contributed by atoms with van der Waals surface area (Å²) in [7, 11) is 0. The van der Waals surface area contributed by atoms with E-state index in [0.717, 1.165) is 44.1 Å². The van der Waals surface area contributed by atoms with Crippen LogP contribution in [-0.2, 0) is 16.1 Å². The fraction of sp³-hybridized carbons (Fsp3) is 0.389. The molecule has 0 bridgehead atoms. The van der Waals surface area contributed by atoms with E-state index in [-0.39, 0.29) is 18.4 Å². The Morgan fingerprint density at radius 1 is 1.23 bits per heavy atom. The molecule has 2 amide bonds. The Morgan fingerprint density at radius 2 is 1.96 bits per heavy atom. The number of hydrogen-bond donors (Lipinski definition) is 2. The van der Waals surface area contributed by atoms with Gasteiger partial charge < -0.3 is 15.4 Å². The van der Waals surface area contributed by atoms with E-state index in [0.29, 0.717) is 10.7 Å². The van der Waals surface area contributed by atoms with Gasteiger partial charge in [0.05, 0.1) is 25.5 Å². The topological polar surface area (TPSA) is 83.6 Å². The predicted molar refractivity (Wildman–Crippen MR) is 100 cm³/mol. The summed E-state index contributed by atoms with van der Waals surface area (Å²) in [4.78, 5) is 30.7. The van der Waals surface area contributed by atoms with E-state index in [2.05, 4.69) is 20.5 Å². The van der Waals surface area contributed by atoms with Gasteiger partial charge in [0.2, 0.25) is 5.91 Å². The van der Waals surface area contributed by atoms with Gasteiger partial charge in [-0.3, -0.25) is 14.5 Å². The minimum Gasteiger partial charge on any atom is -0.379 e. The summed E-state index contributed by atoms with van der Waals surface area (Å²) in [6.45, 7) is 5.89. The molecule has 2 aromatic rings. The molecule has 3 rings (SSSR count). The molecule has 8 heteroatoms. The van der Waals surface area contributed by atoms with Crippen molar-refractivity contribution in [3.8, 4) is 0 Å². The number of rotatable bonds is 6. The number of nitrogens with zero attached hydrogens (tertiary/aromatic N) is 2. The van der Waals surface area contributed by atoms with Crippen LogP contribution >= 0.6 is 11.3 Å². The smallest absolute Gasteiger partial charge is 0.251 e. The minimum atomic E-state index is -0.294. The van der Waals surface area contributed by atoms with Gasteiger partial charge >= 0.3 is 0 Å². The molecule has 7 nitrogen and oxygen atoms in total. The quantitative estimate of drug-likeness (QED) is 0.803. The zero-order valence-electron chi connectivity index (χ0n) is 14.7. The summed E-state index contributed by atoms with van der Waals surface area (Å²) in [6.07, 6.45) is 0. The first-order valence-corrected chi connectivity index (χ1v) is 9.37. The number of thiazole rings is 1. The molecule has 0 radical (unpaired) electrons. The second-order valence-corrected chi connectivity index (χ2v) is 6.99. The van der Waals surface area contributed by atoms with E-state index in [4.69, 9.17) is 4.74 Å². The average molecular weight is 374 g/mol. The van der Waals surface area contributed by atoms with Crippen molar-refractivity contribution in [3.63, 3.8) is 0 Å². The first kappa shape index (κ1) is 18.5. The molecule has 0 aliphatic carbocycles. The molecule has 1 saturated heterocycles. The summed E-state index contributed by atoms with van der Waals surface area (Å²) in [6, 6.07) is 7.20. The fourth-order valence-corrected chi connectivity index (χ4v) is 3.27. The van der Waals surface area contributed by atoms with Crippen LogP contribution in [0.4, 0.5) is 5.13 Å². The lowest BCUT2D eigenvalue weighted by atomic mass is 10.1. The summed E-state index contributed by atoms with van der Waals surface area (Å²) in [5.41, 5.74) is 2.54. The van der Waals surface area contributed by atoms with Crippen LogP contribution in [0.1, 0.15) is 21.6 Å². The van der Waals surface area contributed by atoms with E-state index in [1.165, 1.54) is 11.3 Å². The normalized spacial score (nSPS) is 14.8. The van der Waals surface area contributed by atoms with Crippen LogP contribution in [0.2, 0.25) is 0 Å². The number of hydrogen-bond acceptors (Lipinski definition) is 6. The number of aryl methyl sites for hydroxylation is 1. The summed E-state index contributed by atoms with van der Waals surface area (Å²) in [5.74, 6) is -0.565.